The molecule has 1 aliphatic rings. The summed E-state index contributed by atoms with van der Waals surface area (Å²) in [6.45, 7) is 12.6. The van der Waals surface area contributed by atoms with Gasteiger partial charge in [0.15, 0.2) is 0 Å². The first-order chi connectivity index (χ1) is 10.6. The van der Waals surface area contributed by atoms with Crippen LogP contribution in [0.2, 0.25) is 5.02 Å². The summed E-state index contributed by atoms with van der Waals surface area (Å²) in [6.07, 6.45) is 7.95. The van der Waals surface area contributed by atoms with Crippen molar-refractivity contribution in [1.29, 1.82) is 0 Å². The fourth-order valence-corrected chi connectivity index (χ4v) is 2.60. The molecule has 2 rings (SSSR count). The van der Waals surface area contributed by atoms with Crippen molar-refractivity contribution in [3.05, 3.63) is 83.6 Å². The van der Waals surface area contributed by atoms with Crippen molar-refractivity contribution in [3.63, 3.8) is 0 Å². The normalized spacial score (nSPS) is 18.7. The zero-order chi connectivity index (χ0) is 16.1. The molecular formula is C19H21ClN2. The first-order valence-electron chi connectivity index (χ1n) is 7.29. The Morgan fingerprint density at radius 2 is 2.05 bits per heavy atom. The third-order valence-corrected chi connectivity index (χ3v) is 3.91. The largest absolute Gasteiger partial charge is 0.269 e. The Hall–Kier alpha value is -2.06. The van der Waals surface area contributed by atoms with Gasteiger partial charge in [0, 0.05) is 16.6 Å². The zero-order valence-electron chi connectivity index (χ0n) is 13.1. The molecule has 0 spiro atoms. The van der Waals surface area contributed by atoms with E-state index >= 15 is 0 Å². The Balaban J connectivity index is 2.41. The van der Waals surface area contributed by atoms with E-state index in [1.165, 1.54) is 5.57 Å². The summed E-state index contributed by atoms with van der Waals surface area (Å²) in [6, 6.07) is 7.82. The average molecular weight is 313 g/mol. The summed E-state index contributed by atoms with van der Waals surface area (Å²) in [5.41, 5.74) is 4.29. The molecule has 0 saturated heterocycles. The maximum absolute atomic E-state index is 5.99. The van der Waals surface area contributed by atoms with Gasteiger partial charge in [-0.05, 0) is 37.1 Å². The first kappa shape index (κ1) is 16.3. The van der Waals surface area contributed by atoms with E-state index in [0.717, 1.165) is 28.5 Å². The van der Waals surface area contributed by atoms with Crippen molar-refractivity contribution < 1.29 is 0 Å². The lowest BCUT2D eigenvalue weighted by atomic mass is 9.89. The van der Waals surface area contributed by atoms with Gasteiger partial charge in [-0.15, -0.1) is 0 Å². The second-order valence-electron chi connectivity index (χ2n) is 5.25. The fourth-order valence-electron chi connectivity index (χ4n) is 2.48. The zero-order valence-corrected chi connectivity index (χ0v) is 13.8. The lowest BCUT2D eigenvalue weighted by Crippen LogP contribution is -2.20. The average Bonchev–Trinajstić information content (AvgIpc) is 2.94. The second kappa shape index (κ2) is 7.28. The first-order valence-corrected chi connectivity index (χ1v) is 7.67. The van der Waals surface area contributed by atoms with Gasteiger partial charge >= 0.3 is 0 Å². The van der Waals surface area contributed by atoms with Gasteiger partial charge in [0.1, 0.15) is 0 Å². The van der Waals surface area contributed by atoms with Gasteiger partial charge < -0.3 is 0 Å². The topological polar surface area (TPSA) is 15.6 Å². The van der Waals surface area contributed by atoms with E-state index in [1.807, 2.05) is 49.2 Å². The van der Waals surface area contributed by atoms with Crippen molar-refractivity contribution in [2.75, 3.05) is 6.54 Å². The summed E-state index contributed by atoms with van der Waals surface area (Å²) in [7, 11) is 0. The minimum absolute atomic E-state index is 0.207. The van der Waals surface area contributed by atoms with E-state index in [1.54, 1.807) is 6.08 Å². The number of allylic oxidation sites excluding steroid dienone is 5. The molecule has 0 amide bonds. The third kappa shape index (κ3) is 3.58. The third-order valence-electron chi connectivity index (χ3n) is 3.66. The summed E-state index contributed by atoms with van der Waals surface area (Å²) in [5, 5.41) is 7.44. The minimum atomic E-state index is 0.207. The highest BCUT2D eigenvalue weighted by Gasteiger charge is 2.29. The molecule has 0 fully saturated rings. The molecule has 0 aromatic heterocycles. The lowest BCUT2D eigenvalue weighted by Gasteiger charge is -2.16. The number of hydrogen-bond acceptors (Lipinski definition) is 2. The summed E-state index contributed by atoms with van der Waals surface area (Å²) < 4.78 is 0. The Morgan fingerprint density at radius 3 is 2.59 bits per heavy atom. The summed E-state index contributed by atoms with van der Waals surface area (Å²) in [5.74, 6) is 0.207. The highest BCUT2D eigenvalue weighted by atomic mass is 35.5. The van der Waals surface area contributed by atoms with Gasteiger partial charge in [0.05, 0.1) is 12.3 Å². The Labute approximate surface area is 137 Å². The fraction of sp³-hybridized carbons (Fsp3) is 0.211. The molecule has 2 nitrogen and oxygen atoms in total. The summed E-state index contributed by atoms with van der Waals surface area (Å²) >= 11 is 5.99. The van der Waals surface area contributed by atoms with Crippen molar-refractivity contribution in [2.24, 2.45) is 11.0 Å². The number of hydrogen-bond donors (Lipinski definition) is 0. The molecule has 0 N–H and O–H groups in total. The molecule has 114 valence electrons. The molecule has 1 aromatic carbocycles. The number of hydrazone groups is 1. The Bertz CT molecular complexity index is 651. The van der Waals surface area contributed by atoms with Crippen LogP contribution in [0.25, 0.3) is 0 Å². The van der Waals surface area contributed by atoms with Crippen LogP contribution in [0.4, 0.5) is 0 Å². The van der Waals surface area contributed by atoms with E-state index in [0.29, 0.717) is 0 Å². The van der Waals surface area contributed by atoms with Crippen LogP contribution in [0.15, 0.2) is 78.1 Å². The summed E-state index contributed by atoms with van der Waals surface area (Å²) in [4.78, 5) is 0. The number of halogens is 1. The molecule has 0 radical (unpaired) electrons. The number of rotatable bonds is 5. The van der Waals surface area contributed by atoms with Crippen LogP contribution in [0.1, 0.15) is 19.4 Å². The van der Waals surface area contributed by atoms with Crippen LogP contribution in [0, 0.1) is 5.92 Å². The van der Waals surface area contributed by atoms with E-state index < -0.39 is 0 Å². The van der Waals surface area contributed by atoms with Gasteiger partial charge in [-0.3, -0.25) is 5.01 Å². The van der Waals surface area contributed by atoms with Gasteiger partial charge in [-0.1, -0.05) is 61.2 Å². The molecule has 1 heterocycles. The predicted molar refractivity (Wildman–Crippen MR) is 96.1 cm³/mol. The van der Waals surface area contributed by atoms with Crippen LogP contribution in [0.5, 0.6) is 0 Å². The van der Waals surface area contributed by atoms with Gasteiger partial charge in [-0.2, -0.15) is 5.10 Å². The molecule has 1 aliphatic heterocycles. The van der Waals surface area contributed by atoms with Gasteiger partial charge in [0.2, 0.25) is 0 Å². The second-order valence-corrected chi connectivity index (χ2v) is 5.68. The van der Waals surface area contributed by atoms with Gasteiger partial charge in [-0.25, -0.2) is 0 Å². The SMILES string of the molecule is C=C/C=C\C(=C/C)C1CN(C(=C)C)N=C1c1ccc(Cl)cc1. The molecule has 22 heavy (non-hydrogen) atoms. The Morgan fingerprint density at radius 1 is 1.36 bits per heavy atom. The molecule has 0 aliphatic carbocycles. The molecule has 0 saturated carbocycles. The molecule has 1 unspecified atom stereocenters. The van der Waals surface area contributed by atoms with Gasteiger partial charge in [0.25, 0.3) is 0 Å². The van der Waals surface area contributed by atoms with Crippen molar-refractivity contribution in [2.45, 2.75) is 13.8 Å². The smallest absolute Gasteiger partial charge is 0.0774 e. The van der Waals surface area contributed by atoms with E-state index in [2.05, 4.69) is 25.3 Å². The highest BCUT2D eigenvalue weighted by molar-refractivity contribution is 6.30. The molecule has 0 bridgehead atoms. The highest BCUT2D eigenvalue weighted by Crippen LogP contribution is 2.29. The minimum Gasteiger partial charge on any atom is -0.269 e. The van der Waals surface area contributed by atoms with Crippen LogP contribution < -0.4 is 0 Å². The van der Waals surface area contributed by atoms with Crippen molar-refractivity contribution in [3.8, 4) is 0 Å². The van der Waals surface area contributed by atoms with Crippen LogP contribution in [-0.4, -0.2) is 17.3 Å². The molecule has 1 aromatic rings. The number of nitrogens with zero attached hydrogens (tertiary/aromatic N) is 2. The van der Waals surface area contributed by atoms with E-state index in [-0.39, 0.29) is 5.92 Å². The lowest BCUT2D eigenvalue weighted by molar-refractivity contribution is 0.385. The standard InChI is InChI=1S/C19H21ClN2/c1-5-7-8-15(6-2)18-13-22(14(3)4)21-19(18)16-9-11-17(20)12-10-16/h5-12,18H,1,3,13H2,2,4H3/b8-7-,15-6+. The maximum atomic E-state index is 5.99. The van der Waals surface area contributed by atoms with E-state index in [4.69, 9.17) is 16.7 Å². The monoisotopic (exact) mass is 312 g/mol. The maximum Gasteiger partial charge on any atom is 0.0774 e. The van der Waals surface area contributed by atoms with Crippen LogP contribution in [-0.2, 0) is 0 Å². The molecule has 3 heteroatoms. The number of benzene rings is 1. The quantitative estimate of drug-likeness (QED) is 0.682. The van der Waals surface area contributed by atoms with Crippen molar-refractivity contribution in [1.82, 2.24) is 5.01 Å². The van der Waals surface area contributed by atoms with Crippen LogP contribution >= 0.6 is 11.6 Å². The van der Waals surface area contributed by atoms with E-state index in [9.17, 15) is 0 Å². The molecule has 1 atom stereocenters. The predicted octanol–water partition coefficient (Wildman–Crippen LogP) is 5.20. The van der Waals surface area contributed by atoms with Crippen molar-refractivity contribution >= 4 is 17.3 Å². The van der Waals surface area contributed by atoms with Crippen LogP contribution in [0.3, 0.4) is 0 Å². The Kier molecular flexibility index (Phi) is 5.40. The molecular weight excluding hydrogens is 292 g/mol.